The Hall–Kier alpha value is -2.68. The summed E-state index contributed by atoms with van der Waals surface area (Å²) >= 11 is 3.42. The summed E-state index contributed by atoms with van der Waals surface area (Å²) in [5, 5.41) is 2.89. The van der Waals surface area contributed by atoms with Crippen molar-refractivity contribution in [1.82, 2.24) is 10.2 Å². The number of hydrogen-bond acceptors (Lipinski definition) is 4. The van der Waals surface area contributed by atoms with Crippen molar-refractivity contribution < 1.29 is 27.8 Å². The van der Waals surface area contributed by atoms with Crippen molar-refractivity contribution in [1.29, 1.82) is 0 Å². The van der Waals surface area contributed by atoms with Gasteiger partial charge in [0.25, 0.3) is 5.91 Å². The summed E-state index contributed by atoms with van der Waals surface area (Å²) in [6.45, 7) is 3.21. The van der Waals surface area contributed by atoms with Crippen LogP contribution >= 0.6 is 15.9 Å². The molecule has 0 spiro atoms. The van der Waals surface area contributed by atoms with E-state index in [1.165, 1.54) is 11.0 Å². The number of nitrogens with zero attached hydrogens (tertiary/aromatic N) is 1. The van der Waals surface area contributed by atoms with Crippen LogP contribution in [0.15, 0.2) is 40.9 Å². The highest BCUT2D eigenvalue weighted by Gasteiger charge is 2.41. The molecule has 2 aromatic rings. The molecule has 1 aliphatic heterocycles. The SMILES string of the molecule is CC(C)C1Oc2ccc(Br)cc2C(OC(=O)NC2CCCCC2)N(Cc2c(F)cccc2F)C1=O. The van der Waals surface area contributed by atoms with Gasteiger partial charge < -0.3 is 14.8 Å². The van der Waals surface area contributed by atoms with Crippen molar-refractivity contribution in [3.63, 3.8) is 0 Å². The summed E-state index contributed by atoms with van der Waals surface area (Å²) in [6, 6.07) is 8.64. The van der Waals surface area contributed by atoms with Gasteiger partial charge >= 0.3 is 6.09 Å². The van der Waals surface area contributed by atoms with E-state index in [1.807, 2.05) is 13.8 Å². The molecule has 0 saturated heterocycles. The number of alkyl carbamates (subject to hydrolysis) is 1. The predicted octanol–water partition coefficient (Wildman–Crippen LogP) is 6.23. The van der Waals surface area contributed by atoms with Gasteiger partial charge in [0.1, 0.15) is 17.4 Å². The quantitative estimate of drug-likeness (QED) is 0.479. The first-order valence-corrected chi connectivity index (χ1v) is 12.7. The summed E-state index contributed by atoms with van der Waals surface area (Å²) < 4.78 is 41.8. The molecule has 188 valence electrons. The maximum absolute atomic E-state index is 14.6. The van der Waals surface area contributed by atoms with Crippen LogP contribution in [-0.4, -0.2) is 29.0 Å². The van der Waals surface area contributed by atoms with Crippen LogP contribution in [0.1, 0.15) is 63.3 Å². The van der Waals surface area contributed by atoms with Crippen molar-refractivity contribution in [3.05, 3.63) is 63.6 Å². The minimum absolute atomic E-state index is 0.0168. The van der Waals surface area contributed by atoms with Crippen LogP contribution in [0, 0.1) is 17.6 Å². The molecule has 6 nitrogen and oxygen atoms in total. The maximum atomic E-state index is 14.6. The fourth-order valence-electron chi connectivity index (χ4n) is 4.57. The molecule has 2 aliphatic rings. The molecule has 0 radical (unpaired) electrons. The van der Waals surface area contributed by atoms with Gasteiger partial charge in [0.15, 0.2) is 6.10 Å². The highest BCUT2D eigenvalue weighted by Crippen LogP contribution is 2.39. The number of benzene rings is 2. The highest BCUT2D eigenvalue weighted by molar-refractivity contribution is 9.10. The van der Waals surface area contributed by atoms with Crippen LogP contribution in [0.5, 0.6) is 5.75 Å². The standard InChI is InChI=1S/C26H29BrF2N2O4/c1-15(2)23-24(32)31(14-19-20(28)9-6-10-21(19)29)25(18-13-16(27)11-12-22(18)34-23)35-26(33)30-17-7-4-3-5-8-17/h6,9-13,15,17,23,25H,3-5,7-8,14H2,1-2H3,(H,30,33). The average molecular weight is 551 g/mol. The van der Waals surface area contributed by atoms with E-state index >= 15 is 0 Å². The maximum Gasteiger partial charge on any atom is 0.409 e. The third-order valence-corrected chi connectivity index (χ3v) is 6.94. The number of halogens is 3. The van der Waals surface area contributed by atoms with Crippen molar-refractivity contribution >= 4 is 27.9 Å². The van der Waals surface area contributed by atoms with Gasteiger partial charge in [-0.05, 0) is 49.1 Å². The average Bonchev–Trinajstić information content (AvgIpc) is 2.92. The molecule has 35 heavy (non-hydrogen) atoms. The van der Waals surface area contributed by atoms with Crippen molar-refractivity contribution in [2.75, 3.05) is 0 Å². The Morgan fingerprint density at radius 3 is 2.51 bits per heavy atom. The molecule has 1 fully saturated rings. The molecule has 1 aliphatic carbocycles. The summed E-state index contributed by atoms with van der Waals surface area (Å²) in [5.41, 5.74) is 0.120. The fourth-order valence-corrected chi connectivity index (χ4v) is 4.94. The van der Waals surface area contributed by atoms with Gasteiger partial charge in [-0.1, -0.05) is 55.1 Å². The highest BCUT2D eigenvalue weighted by atomic mass is 79.9. The zero-order valence-electron chi connectivity index (χ0n) is 19.7. The van der Waals surface area contributed by atoms with E-state index in [9.17, 15) is 18.4 Å². The second-order valence-corrected chi connectivity index (χ2v) is 10.3. The number of hydrogen-bond donors (Lipinski definition) is 1. The molecule has 0 bridgehead atoms. The van der Waals surface area contributed by atoms with Gasteiger partial charge in [0, 0.05) is 16.1 Å². The molecule has 1 N–H and O–H groups in total. The zero-order chi connectivity index (χ0) is 25.1. The van der Waals surface area contributed by atoms with E-state index in [2.05, 4.69) is 21.2 Å². The number of amides is 2. The van der Waals surface area contributed by atoms with Gasteiger partial charge in [-0.2, -0.15) is 0 Å². The van der Waals surface area contributed by atoms with Crippen LogP contribution in [-0.2, 0) is 16.1 Å². The number of nitrogens with one attached hydrogen (secondary N) is 1. The van der Waals surface area contributed by atoms with Crippen LogP contribution in [0.3, 0.4) is 0 Å². The van der Waals surface area contributed by atoms with Crippen LogP contribution in [0.25, 0.3) is 0 Å². The first-order chi connectivity index (χ1) is 16.7. The molecule has 2 amide bonds. The zero-order valence-corrected chi connectivity index (χ0v) is 21.3. The lowest BCUT2D eigenvalue weighted by Gasteiger charge is -2.32. The topological polar surface area (TPSA) is 67.9 Å². The van der Waals surface area contributed by atoms with Crippen LogP contribution < -0.4 is 10.1 Å². The molecule has 1 saturated carbocycles. The molecule has 4 rings (SSSR count). The monoisotopic (exact) mass is 550 g/mol. The van der Waals surface area contributed by atoms with Gasteiger partial charge in [-0.25, -0.2) is 13.6 Å². The summed E-state index contributed by atoms with van der Waals surface area (Å²) in [6.07, 6.45) is 1.99. The number of carbonyl (C=O) groups is 2. The fraction of sp³-hybridized carbons (Fsp3) is 0.462. The second-order valence-electron chi connectivity index (χ2n) is 9.37. The normalized spacial score (nSPS) is 20.7. The summed E-state index contributed by atoms with van der Waals surface area (Å²) in [4.78, 5) is 27.8. The lowest BCUT2D eigenvalue weighted by Crippen LogP contribution is -2.46. The summed E-state index contributed by atoms with van der Waals surface area (Å²) in [7, 11) is 0. The first kappa shape index (κ1) is 25.4. The Kier molecular flexibility index (Phi) is 7.94. The lowest BCUT2D eigenvalue weighted by molar-refractivity contribution is -0.150. The predicted molar refractivity (Wildman–Crippen MR) is 130 cm³/mol. The Balaban J connectivity index is 1.74. The van der Waals surface area contributed by atoms with Gasteiger partial charge in [-0.3, -0.25) is 9.69 Å². The molecule has 0 aromatic heterocycles. The molecule has 9 heteroatoms. The van der Waals surface area contributed by atoms with Gasteiger partial charge in [0.05, 0.1) is 12.1 Å². The number of rotatable bonds is 5. The van der Waals surface area contributed by atoms with E-state index in [1.54, 1.807) is 18.2 Å². The summed E-state index contributed by atoms with van der Waals surface area (Å²) in [5.74, 6) is -1.98. The van der Waals surface area contributed by atoms with Crippen molar-refractivity contribution in [2.45, 2.75) is 70.9 Å². The van der Waals surface area contributed by atoms with E-state index in [4.69, 9.17) is 9.47 Å². The van der Waals surface area contributed by atoms with Crippen LogP contribution in [0.2, 0.25) is 0 Å². The van der Waals surface area contributed by atoms with Gasteiger partial charge in [0.2, 0.25) is 6.23 Å². The molecular formula is C26H29BrF2N2O4. The van der Waals surface area contributed by atoms with E-state index in [0.29, 0.717) is 15.8 Å². The molecular weight excluding hydrogens is 522 g/mol. The smallest absolute Gasteiger partial charge is 0.409 e. The van der Waals surface area contributed by atoms with E-state index in [-0.39, 0.29) is 17.5 Å². The molecule has 2 aromatic carbocycles. The Labute approximate surface area is 212 Å². The number of fused-ring (bicyclic) bond motifs is 1. The van der Waals surface area contributed by atoms with Crippen molar-refractivity contribution in [3.8, 4) is 5.75 Å². The molecule has 2 unspecified atom stereocenters. The lowest BCUT2D eigenvalue weighted by atomic mass is 9.96. The largest absolute Gasteiger partial charge is 0.480 e. The minimum Gasteiger partial charge on any atom is -0.480 e. The molecule has 1 heterocycles. The third kappa shape index (κ3) is 5.77. The minimum atomic E-state index is -1.25. The Morgan fingerprint density at radius 2 is 1.86 bits per heavy atom. The Bertz CT molecular complexity index is 1070. The first-order valence-electron chi connectivity index (χ1n) is 11.9. The van der Waals surface area contributed by atoms with Gasteiger partial charge in [-0.15, -0.1) is 0 Å². The second kappa shape index (κ2) is 10.9. The Morgan fingerprint density at radius 1 is 1.17 bits per heavy atom. The number of ether oxygens (including phenoxy) is 2. The van der Waals surface area contributed by atoms with Crippen LogP contribution in [0.4, 0.5) is 13.6 Å². The number of carbonyl (C=O) groups excluding carboxylic acids is 2. The van der Waals surface area contributed by atoms with E-state index < -0.39 is 42.5 Å². The third-order valence-electron chi connectivity index (χ3n) is 6.44. The van der Waals surface area contributed by atoms with E-state index in [0.717, 1.165) is 44.2 Å². The molecule has 2 atom stereocenters. The van der Waals surface area contributed by atoms with Crippen molar-refractivity contribution in [2.24, 2.45) is 5.92 Å².